The number of rotatable bonds is 1. The fourth-order valence-electron chi connectivity index (χ4n) is 2.21. The highest BCUT2D eigenvalue weighted by atomic mass is 19.4. The SMILES string of the molecule is CO[C@@]12CCCN1[C@@H](C(F)(F)F)OC2. The third-order valence-electron chi connectivity index (χ3n) is 2.90. The van der Waals surface area contributed by atoms with Crippen molar-refractivity contribution in [3.8, 4) is 0 Å². The predicted octanol–water partition coefficient (Wildman–Crippen LogP) is 1.34. The zero-order valence-corrected chi connectivity index (χ0v) is 7.80. The van der Waals surface area contributed by atoms with Crippen molar-refractivity contribution in [2.24, 2.45) is 0 Å². The third-order valence-corrected chi connectivity index (χ3v) is 2.90. The highest BCUT2D eigenvalue weighted by Gasteiger charge is 2.59. The van der Waals surface area contributed by atoms with E-state index >= 15 is 0 Å². The molecule has 0 aromatic heterocycles. The molecule has 0 spiro atoms. The molecule has 0 unspecified atom stereocenters. The Morgan fingerprint density at radius 3 is 2.79 bits per heavy atom. The Bertz CT molecular complexity index is 233. The molecular formula is C8H12F3NO2. The summed E-state index contributed by atoms with van der Waals surface area (Å²) >= 11 is 0. The van der Waals surface area contributed by atoms with Gasteiger partial charge in [0.25, 0.3) is 0 Å². The van der Waals surface area contributed by atoms with Crippen LogP contribution in [0.3, 0.4) is 0 Å². The van der Waals surface area contributed by atoms with E-state index in [0.717, 1.165) is 6.42 Å². The van der Waals surface area contributed by atoms with Gasteiger partial charge in [-0.1, -0.05) is 0 Å². The van der Waals surface area contributed by atoms with Crippen molar-refractivity contribution < 1.29 is 22.6 Å². The molecule has 14 heavy (non-hydrogen) atoms. The average molecular weight is 211 g/mol. The van der Waals surface area contributed by atoms with Crippen LogP contribution in [0.1, 0.15) is 12.8 Å². The summed E-state index contributed by atoms with van der Waals surface area (Å²) in [6.45, 7) is 0.395. The van der Waals surface area contributed by atoms with E-state index in [4.69, 9.17) is 9.47 Å². The number of hydrogen-bond donors (Lipinski definition) is 0. The van der Waals surface area contributed by atoms with Crippen molar-refractivity contribution in [2.45, 2.75) is 31.0 Å². The van der Waals surface area contributed by atoms with Crippen molar-refractivity contribution in [2.75, 3.05) is 20.3 Å². The van der Waals surface area contributed by atoms with Crippen molar-refractivity contribution in [3.63, 3.8) is 0 Å². The van der Waals surface area contributed by atoms with E-state index in [0.29, 0.717) is 13.0 Å². The molecule has 0 saturated carbocycles. The number of ether oxygens (including phenoxy) is 2. The molecule has 0 bridgehead atoms. The third kappa shape index (κ3) is 1.32. The van der Waals surface area contributed by atoms with Crippen LogP contribution in [0.5, 0.6) is 0 Å². The first kappa shape index (κ1) is 10.2. The summed E-state index contributed by atoms with van der Waals surface area (Å²) in [4.78, 5) is 1.27. The lowest BCUT2D eigenvalue weighted by molar-refractivity contribution is -0.246. The maximum atomic E-state index is 12.5. The molecule has 2 heterocycles. The Balaban J connectivity index is 2.20. The zero-order valence-electron chi connectivity index (χ0n) is 7.80. The second-order valence-electron chi connectivity index (χ2n) is 3.65. The molecule has 0 amide bonds. The number of fused-ring (bicyclic) bond motifs is 1. The normalized spacial score (nSPS) is 39.0. The van der Waals surface area contributed by atoms with Crippen LogP contribution in [0.25, 0.3) is 0 Å². The Labute approximate surface area is 79.8 Å². The highest BCUT2D eigenvalue weighted by molar-refractivity contribution is 4.96. The molecule has 2 atom stereocenters. The van der Waals surface area contributed by atoms with Crippen LogP contribution in [-0.2, 0) is 9.47 Å². The molecule has 2 aliphatic heterocycles. The standard InChI is InChI=1S/C8H12F3NO2/c1-13-7-3-2-4-12(7)6(14-5-7)8(9,10)11/h6H,2-5H2,1H3/t6-,7-/m1/s1. The van der Waals surface area contributed by atoms with Gasteiger partial charge in [0.1, 0.15) is 5.72 Å². The summed E-state index contributed by atoms with van der Waals surface area (Å²) in [5.74, 6) is 0. The monoisotopic (exact) mass is 211 g/mol. The fourth-order valence-corrected chi connectivity index (χ4v) is 2.21. The minimum Gasteiger partial charge on any atom is -0.361 e. The topological polar surface area (TPSA) is 21.7 Å². The van der Waals surface area contributed by atoms with Gasteiger partial charge in [-0.05, 0) is 12.8 Å². The van der Waals surface area contributed by atoms with E-state index in [9.17, 15) is 13.2 Å². The summed E-state index contributed by atoms with van der Waals surface area (Å²) < 4.78 is 47.4. The van der Waals surface area contributed by atoms with E-state index in [1.165, 1.54) is 12.0 Å². The number of alkyl halides is 3. The molecule has 0 radical (unpaired) electrons. The van der Waals surface area contributed by atoms with Gasteiger partial charge >= 0.3 is 6.18 Å². The van der Waals surface area contributed by atoms with Gasteiger partial charge in [-0.15, -0.1) is 0 Å². The molecule has 6 heteroatoms. The molecule has 2 fully saturated rings. The zero-order chi connectivity index (χ0) is 10.4. The molecule has 0 aromatic carbocycles. The number of nitrogens with zero attached hydrogens (tertiary/aromatic N) is 1. The number of hydrogen-bond acceptors (Lipinski definition) is 3. The van der Waals surface area contributed by atoms with Gasteiger partial charge in [-0.3, -0.25) is 0 Å². The lowest BCUT2D eigenvalue weighted by Gasteiger charge is -2.31. The summed E-state index contributed by atoms with van der Waals surface area (Å²) in [7, 11) is 1.43. The first-order chi connectivity index (χ1) is 6.49. The smallest absolute Gasteiger partial charge is 0.361 e. The van der Waals surface area contributed by atoms with Crippen molar-refractivity contribution in [1.82, 2.24) is 4.90 Å². The van der Waals surface area contributed by atoms with Gasteiger partial charge in [-0.25, -0.2) is 4.90 Å². The largest absolute Gasteiger partial charge is 0.428 e. The van der Waals surface area contributed by atoms with Gasteiger partial charge in [0.05, 0.1) is 6.61 Å². The second-order valence-corrected chi connectivity index (χ2v) is 3.65. The van der Waals surface area contributed by atoms with Crippen LogP contribution in [0, 0.1) is 0 Å². The van der Waals surface area contributed by atoms with Crippen molar-refractivity contribution in [3.05, 3.63) is 0 Å². The van der Waals surface area contributed by atoms with Crippen molar-refractivity contribution >= 4 is 0 Å². The molecule has 3 nitrogen and oxygen atoms in total. The maximum absolute atomic E-state index is 12.5. The quantitative estimate of drug-likeness (QED) is 0.653. The minimum absolute atomic E-state index is 0.00762. The highest BCUT2D eigenvalue weighted by Crippen LogP contribution is 2.42. The van der Waals surface area contributed by atoms with Crippen LogP contribution in [0.15, 0.2) is 0 Å². The molecule has 2 aliphatic rings. The molecule has 82 valence electrons. The molecular weight excluding hydrogens is 199 g/mol. The Morgan fingerprint density at radius 1 is 1.50 bits per heavy atom. The predicted molar refractivity (Wildman–Crippen MR) is 41.5 cm³/mol. The van der Waals surface area contributed by atoms with Crippen LogP contribution in [-0.4, -0.2) is 43.3 Å². The first-order valence-electron chi connectivity index (χ1n) is 4.50. The Kier molecular flexibility index (Phi) is 2.24. The summed E-state index contributed by atoms with van der Waals surface area (Å²) in [6.07, 6.45) is -4.78. The van der Waals surface area contributed by atoms with Crippen LogP contribution in [0.4, 0.5) is 13.2 Å². The minimum atomic E-state index is -4.33. The molecule has 0 aliphatic carbocycles. The van der Waals surface area contributed by atoms with Crippen molar-refractivity contribution in [1.29, 1.82) is 0 Å². The maximum Gasteiger partial charge on any atom is 0.428 e. The van der Waals surface area contributed by atoms with E-state index < -0.39 is 18.1 Å². The van der Waals surface area contributed by atoms with Crippen LogP contribution < -0.4 is 0 Å². The van der Waals surface area contributed by atoms with E-state index in [2.05, 4.69) is 0 Å². The average Bonchev–Trinajstić information content (AvgIpc) is 2.57. The fraction of sp³-hybridized carbons (Fsp3) is 1.00. The first-order valence-corrected chi connectivity index (χ1v) is 4.50. The summed E-state index contributed by atoms with van der Waals surface area (Å²) in [6, 6.07) is 0. The van der Waals surface area contributed by atoms with Gasteiger partial charge in [-0.2, -0.15) is 13.2 Å². The Morgan fingerprint density at radius 2 is 2.21 bits per heavy atom. The van der Waals surface area contributed by atoms with Gasteiger partial charge in [0.2, 0.25) is 6.23 Å². The van der Waals surface area contributed by atoms with Gasteiger partial charge in [0.15, 0.2) is 0 Å². The van der Waals surface area contributed by atoms with Gasteiger partial charge < -0.3 is 9.47 Å². The summed E-state index contributed by atoms with van der Waals surface area (Å²) in [5, 5.41) is 0. The molecule has 2 rings (SSSR count). The van der Waals surface area contributed by atoms with Gasteiger partial charge in [0, 0.05) is 13.7 Å². The molecule has 2 saturated heterocycles. The molecule has 0 N–H and O–H groups in total. The lowest BCUT2D eigenvalue weighted by atomic mass is 10.2. The lowest BCUT2D eigenvalue weighted by Crippen LogP contribution is -2.49. The van der Waals surface area contributed by atoms with E-state index in [-0.39, 0.29) is 6.61 Å². The van der Waals surface area contributed by atoms with E-state index in [1.54, 1.807) is 0 Å². The van der Waals surface area contributed by atoms with Crippen LogP contribution in [0.2, 0.25) is 0 Å². The van der Waals surface area contributed by atoms with Crippen LogP contribution >= 0.6 is 0 Å². The second kappa shape index (κ2) is 3.08. The summed E-state index contributed by atoms with van der Waals surface area (Å²) in [5.41, 5.74) is -0.833. The Hall–Kier alpha value is -0.330. The number of methoxy groups -OCH3 is 1. The number of halogens is 3. The van der Waals surface area contributed by atoms with E-state index in [1.807, 2.05) is 0 Å². The molecule has 0 aromatic rings.